The summed E-state index contributed by atoms with van der Waals surface area (Å²) in [6.07, 6.45) is 7.68. The van der Waals surface area contributed by atoms with E-state index in [1.54, 1.807) is 0 Å². The molecule has 0 aromatic heterocycles. The average Bonchev–Trinajstić information content (AvgIpc) is 2.28. The summed E-state index contributed by atoms with van der Waals surface area (Å²) in [6, 6.07) is 0. The van der Waals surface area contributed by atoms with E-state index in [9.17, 15) is 0 Å². The number of ether oxygens (including phenoxy) is 2. The molecule has 1 heterocycles. The predicted molar refractivity (Wildman–Crippen MR) is 81.2 cm³/mol. The van der Waals surface area contributed by atoms with E-state index < -0.39 is 0 Å². The van der Waals surface area contributed by atoms with E-state index in [0.717, 1.165) is 43.4 Å². The molecule has 0 aromatic carbocycles. The smallest absolute Gasteiger partial charge is 0.111 e. The van der Waals surface area contributed by atoms with Crippen LogP contribution in [0.1, 0.15) is 66.7 Å². The van der Waals surface area contributed by atoms with E-state index in [4.69, 9.17) is 9.47 Å². The van der Waals surface area contributed by atoms with Crippen LogP contribution in [0.4, 0.5) is 0 Å². The SMILES string of the molecule is C=CC1=C(C)OC(CCC)(CCC)CC1OC(C)C. The van der Waals surface area contributed by atoms with Gasteiger partial charge in [-0.05, 0) is 33.6 Å². The molecule has 0 spiro atoms. The van der Waals surface area contributed by atoms with Gasteiger partial charge in [0.2, 0.25) is 0 Å². The second-order valence-corrected chi connectivity index (χ2v) is 5.88. The molecule has 0 aromatic rings. The zero-order valence-corrected chi connectivity index (χ0v) is 13.3. The van der Waals surface area contributed by atoms with Crippen LogP contribution >= 0.6 is 0 Å². The number of hydrogen-bond acceptors (Lipinski definition) is 2. The van der Waals surface area contributed by atoms with Gasteiger partial charge in [0, 0.05) is 12.0 Å². The van der Waals surface area contributed by atoms with Crippen LogP contribution in [0.3, 0.4) is 0 Å². The van der Waals surface area contributed by atoms with Crippen LogP contribution in [0.15, 0.2) is 24.0 Å². The Bertz CT molecular complexity index is 322. The predicted octanol–water partition coefficient (Wildman–Crippen LogP) is 5.00. The van der Waals surface area contributed by atoms with E-state index in [2.05, 4.69) is 34.3 Å². The van der Waals surface area contributed by atoms with Gasteiger partial charge in [-0.3, -0.25) is 0 Å². The fourth-order valence-corrected chi connectivity index (χ4v) is 3.17. The van der Waals surface area contributed by atoms with Gasteiger partial charge in [-0.15, -0.1) is 0 Å². The summed E-state index contributed by atoms with van der Waals surface area (Å²) in [5, 5.41) is 0. The standard InChI is InChI=1S/C17H30O2/c1-7-10-17(11-8-2)12-16(18-13(4)5)15(9-3)14(6)19-17/h9,13,16H,3,7-8,10-12H2,1-2,4-6H3. The van der Waals surface area contributed by atoms with E-state index in [0.29, 0.717) is 0 Å². The Balaban J connectivity index is 3.02. The Morgan fingerprint density at radius 3 is 2.37 bits per heavy atom. The zero-order valence-electron chi connectivity index (χ0n) is 13.3. The Hall–Kier alpha value is -0.760. The van der Waals surface area contributed by atoms with Crippen molar-refractivity contribution in [3.05, 3.63) is 24.0 Å². The lowest BCUT2D eigenvalue weighted by Gasteiger charge is -2.43. The molecule has 1 atom stereocenters. The first-order valence-electron chi connectivity index (χ1n) is 7.65. The van der Waals surface area contributed by atoms with Gasteiger partial charge in [-0.25, -0.2) is 0 Å². The Labute approximate surface area is 118 Å². The Morgan fingerprint density at radius 1 is 1.37 bits per heavy atom. The van der Waals surface area contributed by atoms with Gasteiger partial charge in [-0.2, -0.15) is 0 Å². The lowest BCUT2D eigenvalue weighted by atomic mass is 9.82. The highest BCUT2D eigenvalue weighted by Gasteiger charge is 2.39. The third kappa shape index (κ3) is 4.10. The first-order chi connectivity index (χ1) is 8.98. The molecule has 1 aliphatic rings. The van der Waals surface area contributed by atoms with Gasteiger partial charge in [0.15, 0.2) is 0 Å². The van der Waals surface area contributed by atoms with Crippen LogP contribution in [0, 0.1) is 0 Å². The fraction of sp³-hybridized carbons (Fsp3) is 0.765. The summed E-state index contributed by atoms with van der Waals surface area (Å²) in [7, 11) is 0. The van der Waals surface area contributed by atoms with Gasteiger partial charge in [-0.1, -0.05) is 39.3 Å². The molecule has 1 unspecified atom stereocenters. The van der Waals surface area contributed by atoms with Crippen molar-refractivity contribution in [2.75, 3.05) is 0 Å². The van der Waals surface area contributed by atoms with Crippen molar-refractivity contribution in [2.24, 2.45) is 0 Å². The third-order valence-corrected chi connectivity index (χ3v) is 3.75. The molecule has 0 amide bonds. The lowest BCUT2D eigenvalue weighted by Crippen LogP contribution is -2.42. The minimum atomic E-state index is -0.0420. The molecule has 0 aliphatic carbocycles. The van der Waals surface area contributed by atoms with E-state index in [-0.39, 0.29) is 17.8 Å². The van der Waals surface area contributed by atoms with Gasteiger partial charge in [0.25, 0.3) is 0 Å². The molecule has 2 heteroatoms. The summed E-state index contributed by atoms with van der Waals surface area (Å²) in [5.74, 6) is 0.994. The molecule has 1 aliphatic heterocycles. The molecule has 1 rings (SSSR count). The molecule has 110 valence electrons. The van der Waals surface area contributed by atoms with Crippen molar-refractivity contribution in [3.63, 3.8) is 0 Å². The van der Waals surface area contributed by atoms with Crippen molar-refractivity contribution in [3.8, 4) is 0 Å². The summed E-state index contributed by atoms with van der Waals surface area (Å²) in [4.78, 5) is 0. The van der Waals surface area contributed by atoms with Gasteiger partial charge >= 0.3 is 0 Å². The fourth-order valence-electron chi connectivity index (χ4n) is 3.17. The molecule has 0 saturated heterocycles. The molecule has 0 saturated carbocycles. The largest absolute Gasteiger partial charge is 0.491 e. The van der Waals surface area contributed by atoms with Crippen molar-refractivity contribution in [2.45, 2.75) is 84.5 Å². The maximum absolute atomic E-state index is 6.30. The van der Waals surface area contributed by atoms with Crippen LogP contribution in [0.2, 0.25) is 0 Å². The first-order valence-corrected chi connectivity index (χ1v) is 7.65. The first kappa shape index (κ1) is 16.3. The molecule has 0 bridgehead atoms. The molecular weight excluding hydrogens is 236 g/mol. The van der Waals surface area contributed by atoms with Crippen LogP contribution in [-0.2, 0) is 9.47 Å². The highest BCUT2D eigenvalue weighted by atomic mass is 16.5. The number of hydrogen-bond donors (Lipinski definition) is 0. The second-order valence-electron chi connectivity index (χ2n) is 5.88. The summed E-state index contributed by atoms with van der Waals surface area (Å²) in [5.41, 5.74) is 1.08. The van der Waals surface area contributed by atoms with Crippen LogP contribution in [0.25, 0.3) is 0 Å². The van der Waals surface area contributed by atoms with Crippen molar-refractivity contribution in [1.29, 1.82) is 0 Å². The van der Waals surface area contributed by atoms with E-state index >= 15 is 0 Å². The monoisotopic (exact) mass is 266 g/mol. The second kappa shape index (κ2) is 7.14. The Kier molecular flexibility index (Phi) is 6.12. The van der Waals surface area contributed by atoms with Crippen LogP contribution in [0.5, 0.6) is 0 Å². The molecule has 2 nitrogen and oxygen atoms in total. The highest BCUT2D eigenvalue weighted by molar-refractivity contribution is 5.28. The minimum absolute atomic E-state index is 0.0420. The lowest BCUT2D eigenvalue weighted by molar-refractivity contribution is -0.0901. The quantitative estimate of drug-likeness (QED) is 0.645. The maximum atomic E-state index is 6.30. The normalized spacial score (nSPS) is 22.5. The molecular formula is C17H30O2. The summed E-state index contributed by atoms with van der Waals surface area (Å²) < 4.78 is 12.4. The minimum Gasteiger partial charge on any atom is -0.491 e. The number of rotatable bonds is 7. The van der Waals surface area contributed by atoms with Crippen LogP contribution < -0.4 is 0 Å². The topological polar surface area (TPSA) is 18.5 Å². The van der Waals surface area contributed by atoms with Crippen molar-refractivity contribution in [1.82, 2.24) is 0 Å². The summed E-state index contributed by atoms with van der Waals surface area (Å²) in [6.45, 7) is 14.6. The molecule has 0 fully saturated rings. The molecule has 19 heavy (non-hydrogen) atoms. The third-order valence-electron chi connectivity index (χ3n) is 3.75. The van der Waals surface area contributed by atoms with Crippen molar-refractivity contribution >= 4 is 0 Å². The van der Waals surface area contributed by atoms with E-state index in [1.807, 2.05) is 13.0 Å². The van der Waals surface area contributed by atoms with Crippen LogP contribution in [-0.4, -0.2) is 17.8 Å². The maximum Gasteiger partial charge on any atom is 0.111 e. The van der Waals surface area contributed by atoms with Gasteiger partial charge in [0.1, 0.15) is 5.60 Å². The zero-order chi connectivity index (χ0) is 14.5. The van der Waals surface area contributed by atoms with Gasteiger partial charge < -0.3 is 9.47 Å². The molecule has 0 radical (unpaired) electrons. The summed E-state index contributed by atoms with van der Waals surface area (Å²) >= 11 is 0. The van der Waals surface area contributed by atoms with Gasteiger partial charge in [0.05, 0.1) is 18.0 Å². The van der Waals surface area contributed by atoms with E-state index in [1.165, 1.54) is 0 Å². The average molecular weight is 266 g/mol. The number of allylic oxidation sites excluding steroid dienone is 1. The Morgan fingerprint density at radius 2 is 1.95 bits per heavy atom. The molecule has 0 N–H and O–H groups in total. The van der Waals surface area contributed by atoms with Crippen molar-refractivity contribution < 1.29 is 9.47 Å². The highest BCUT2D eigenvalue weighted by Crippen LogP contribution is 2.40.